The molecule has 1 amide bonds. The molecule has 0 aliphatic heterocycles. The molecule has 1 fully saturated rings. The third kappa shape index (κ3) is 7.57. The molecular formula is C32H35F3N2O6. The summed E-state index contributed by atoms with van der Waals surface area (Å²) in [7, 11) is 1.45. The van der Waals surface area contributed by atoms with E-state index < -0.39 is 23.6 Å². The van der Waals surface area contributed by atoms with E-state index in [-0.39, 0.29) is 47.0 Å². The molecule has 0 radical (unpaired) electrons. The fraction of sp³-hybridized carbons (Fsp3) is 0.406. The summed E-state index contributed by atoms with van der Waals surface area (Å²) in [6.07, 6.45) is -0.355. The molecule has 0 unspecified atom stereocenters. The van der Waals surface area contributed by atoms with Crippen LogP contribution in [-0.4, -0.2) is 35.1 Å². The van der Waals surface area contributed by atoms with Gasteiger partial charge >= 0.3 is 12.1 Å². The maximum absolute atomic E-state index is 14.1. The Labute approximate surface area is 248 Å². The number of methoxy groups -OCH3 is 1. The molecule has 1 aliphatic rings. The summed E-state index contributed by atoms with van der Waals surface area (Å²) in [5, 5.41) is 10.0. The largest absolute Gasteiger partial charge is 0.493 e. The van der Waals surface area contributed by atoms with Crippen molar-refractivity contribution in [2.45, 2.75) is 65.3 Å². The summed E-state index contributed by atoms with van der Waals surface area (Å²) in [4.78, 5) is 31.2. The summed E-state index contributed by atoms with van der Waals surface area (Å²) in [6.45, 7) is 5.51. The van der Waals surface area contributed by atoms with Crippen molar-refractivity contribution >= 4 is 17.6 Å². The number of hydrogen-bond acceptors (Lipinski definition) is 6. The lowest BCUT2D eigenvalue weighted by Crippen LogP contribution is -2.42. The maximum atomic E-state index is 14.1. The summed E-state index contributed by atoms with van der Waals surface area (Å²) in [6, 6.07) is 11.1. The Morgan fingerprint density at radius 3 is 2.33 bits per heavy atom. The van der Waals surface area contributed by atoms with Crippen LogP contribution in [0, 0.1) is 11.8 Å². The first-order chi connectivity index (χ1) is 20.4. The summed E-state index contributed by atoms with van der Waals surface area (Å²) < 4.78 is 58.5. The molecule has 4 rings (SSSR count). The van der Waals surface area contributed by atoms with Crippen LogP contribution in [0.4, 0.5) is 18.9 Å². The van der Waals surface area contributed by atoms with E-state index in [9.17, 15) is 27.9 Å². The van der Waals surface area contributed by atoms with Gasteiger partial charge in [-0.1, -0.05) is 19.1 Å². The summed E-state index contributed by atoms with van der Waals surface area (Å²) >= 11 is 0. The maximum Gasteiger partial charge on any atom is 0.421 e. The Hall–Kier alpha value is -4.28. The Bertz CT molecular complexity index is 1450. The average molecular weight is 601 g/mol. The number of carboxylic acid groups (broad SMARTS) is 1. The first kappa shape index (κ1) is 31.7. The molecule has 1 N–H and O–H groups in total. The molecule has 0 atom stereocenters. The lowest BCUT2D eigenvalue weighted by atomic mass is 9.82. The second-order valence-electron chi connectivity index (χ2n) is 11.0. The number of halogens is 3. The number of ether oxygens (including phenoxy) is 3. The van der Waals surface area contributed by atoms with Gasteiger partial charge in [0.25, 0.3) is 0 Å². The highest BCUT2D eigenvalue weighted by molar-refractivity contribution is 6.03. The zero-order valence-electron chi connectivity index (χ0n) is 24.5. The second kappa shape index (κ2) is 13.4. The van der Waals surface area contributed by atoms with Crippen LogP contribution < -0.4 is 19.1 Å². The predicted octanol–water partition coefficient (Wildman–Crippen LogP) is 7.75. The van der Waals surface area contributed by atoms with Crippen LogP contribution in [0.3, 0.4) is 0 Å². The Morgan fingerprint density at radius 2 is 1.72 bits per heavy atom. The molecule has 1 aromatic heterocycles. The minimum Gasteiger partial charge on any atom is -0.493 e. The van der Waals surface area contributed by atoms with E-state index in [2.05, 4.69) is 11.9 Å². The molecular weight excluding hydrogens is 565 g/mol. The van der Waals surface area contributed by atoms with Gasteiger partial charge in [-0.15, -0.1) is 0 Å². The molecule has 1 saturated carbocycles. The van der Waals surface area contributed by atoms with E-state index in [1.165, 1.54) is 30.3 Å². The fourth-order valence-electron chi connectivity index (χ4n) is 5.18. The van der Waals surface area contributed by atoms with Gasteiger partial charge in [-0.2, -0.15) is 13.2 Å². The SMILES string of the molecule is COc1ccccc1OCc1cnc(Oc2ccc(N(C(=O)C3CCC(C)CC3)C(C)C)c(C(=O)O)c2)c(C(F)(F)F)c1. The number of alkyl halides is 3. The topological polar surface area (TPSA) is 98.2 Å². The van der Waals surface area contributed by atoms with Crippen LogP contribution in [0.5, 0.6) is 23.1 Å². The second-order valence-corrected chi connectivity index (χ2v) is 11.0. The molecule has 0 saturated heterocycles. The number of carboxylic acids is 1. The number of carbonyl (C=O) groups is 2. The summed E-state index contributed by atoms with van der Waals surface area (Å²) in [5.41, 5.74) is -1.12. The molecule has 0 bridgehead atoms. The fourth-order valence-corrected chi connectivity index (χ4v) is 5.18. The van der Waals surface area contributed by atoms with Crippen molar-refractivity contribution < 1.29 is 42.1 Å². The normalized spacial score (nSPS) is 16.9. The molecule has 43 heavy (non-hydrogen) atoms. The number of benzene rings is 2. The number of hydrogen-bond donors (Lipinski definition) is 1. The highest BCUT2D eigenvalue weighted by Gasteiger charge is 2.37. The van der Waals surface area contributed by atoms with E-state index >= 15 is 0 Å². The predicted molar refractivity (Wildman–Crippen MR) is 154 cm³/mol. The Morgan fingerprint density at radius 1 is 1.05 bits per heavy atom. The molecule has 11 heteroatoms. The number of carbonyl (C=O) groups excluding carboxylic acids is 1. The monoisotopic (exact) mass is 600 g/mol. The van der Waals surface area contributed by atoms with Gasteiger partial charge in [-0.05, 0) is 81.8 Å². The van der Waals surface area contributed by atoms with Crippen molar-refractivity contribution in [2.24, 2.45) is 11.8 Å². The van der Waals surface area contributed by atoms with Crippen molar-refractivity contribution in [1.29, 1.82) is 0 Å². The minimum atomic E-state index is -4.82. The van der Waals surface area contributed by atoms with Gasteiger partial charge in [-0.3, -0.25) is 4.79 Å². The van der Waals surface area contributed by atoms with E-state index in [1.807, 2.05) is 0 Å². The third-order valence-electron chi connectivity index (χ3n) is 7.47. The zero-order chi connectivity index (χ0) is 31.3. The van der Waals surface area contributed by atoms with Crippen LogP contribution >= 0.6 is 0 Å². The van der Waals surface area contributed by atoms with Gasteiger partial charge in [0.15, 0.2) is 11.5 Å². The van der Waals surface area contributed by atoms with E-state index in [0.717, 1.165) is 37.8 Å². The number of rotatable bonds is 10. The van der Waals surface area contributed by atoms with Gasteiger partial charge in [0.2, 0.25) is 11.8 Å². The van der Waals surface area contributed by atoms with Crippen LogP contribution in [0.1, 0.15) is 67.9 Å². The molecule has 1 heterocycles. The van der Waals surface area contributed by atoms with Gasteiger partial charge in [0, 0.05) is 23.7 Å². The molecule has 230 valence electrons. The molecule has 0 spiro atoms. The number of pyridine rings is 1. The number of nitrogens with zero attached hydrogens (tertiary/aromatic N) is 2. The van der Waals surface area contributed by atoms with Crippen molar-refractivity contribution in [3.8, 4) is 23.1 Å². The number of aromatic nitrogens is 1. The standard InChI is InChI=1S/C32H35F3N2O6/c1-19(2)37(30(38)22-11-9-20(3)10-12-22)26-14-13-23(16-24(26)31(39)40)43-29-25(32(33,34)35)15-21(17-36-29)18-42-28-8-6-5-7-27(28)41-4/h5-8,13-17,19-20,22H,9-12,18H2,1-4H3,(H,39,40). The Balaban J connectivity index is 1.61. The molecule has 2 aromatic carbocycles. The highest BCUT2D eigenvalue weighted by Crippen LogP contribution is 2.39. The van der Waals surface area contributed by atoms with E-state index in [0.29, 0.717) is 17.4 Å². The van der Waals surface area contributed by atoms with E-state index in [4.69, 9.17) is 14.2 Å². The third-order valence-corrected chi connectivity index (χ3v) is 7.47. The molecule has 3 aromatic rings. The van der Waals surface area contributed by atoms with Gasteiger partial charge in [0.05, 0.1) is 18.4 Å². The minimum absolute atomic E-state index is 0.135. The first-order valence-electron chi connectivity index (χ1n) is 14.1. The van der Waals surface area contributed by atoms with Crippen LogP contribution in [0.25, 0.3) is 0 Å². The molecule has 8 nitrogen and oxygen atoms in total. The van der Waals surface area contributed by atoms with Crippen LogP contribution in [0.2, 0.25) is 0 Å². The number of para-hydroxylation sites is 2. The van der Waals surface area contributed by atoms with Gasteiger partial charge < -0.3 is 24.2 Å². The van der Waals surface area contributed by atoms with Crippen LogP contribution in [0.15, 0.2) is 54.7 Å². The van der Waals surface area contributed by atoms with Crippen LogP contribution in [-0.2, 0) is 17.6 Å². The van der Waals surface area contributed by atoms with Crippen molar-refractivity contribution in [3.63, 3.8) is 0 Å². The average Bonchev–Trinajstić information content (AvgIpc) is 2.97. The van der Waals surface area contributed by atoms with Crippen molar-refractivity contribution in [1.82, 2.24) is 4.98 Å². The van der Waals surface area contributed by atoms with Crippen molar-refractivity contribution in [3.05, 3.63) is 71.4 Å². The lowest BCUT2D eigenvalue weighted by molar-refractivity contribution is -0.139. The first-order valence-corrected chi connectivity index (χ1v) is 14.1. The summed E-state index contributed by atoms with van der Waals surface area (Å²) in [5.74, 6) is -1.33. The molecule has 1 aliphatic carbocycles. The Kier molecular flexibility index (Phi) is 9.83. The number of aromatic carboxylic acids is 1. The van der Waals surface area contributed by atoms with Gasteiger partial charge in [-0.25, -0.2) is 9.78 Å². The van der Waals surface area contributed by atoms with Crippen molar-refractivity contribution in [2.75, 3.05) is 12.0 Å². The number of amides is 1. The van der Waals surface area contributed by atoms with E-state index in [1.54, 1.807) is 38.1 Å². The number of anilines is 1. The lowest BCUT2D eigenvalue weighted by Gasteiger charge is -2.34. The zero-order valence-corrected chi connectivity index (χ0v) is 24.5. The quantitative estimate of drug-likeness (QED) is 0.254. The smallest absolute Gasteiger partial charge is 0.421 e. The highest BCUT2D eigenvalue weighted by atomic mass is 19.4. The van der Waals surface area contributed by atoms with Gasteiger partial charge in [0.1, 0.15) is 17.9 Å².